The van der Waals surface area contributed by atoms with Gasteiger partial charge in [0.25, 0.3) is 0 Å². The summed E-state index contributed by atoms with van der Waals surface area (Å²) < 4.78 is 14.4. The molecule has 3 aromatic rings. The molecule has 0 saturated heterocycles. The van der Waals surface area contributed by atoms with E-state index in [-0.39, 0.29) is 5.82 Å². The molecule has 0 bridgehead atoms. The zero-order chi connectivity index (χ0) is 11.8. The van der Waals surface area contributed by atoms with Crippen LogP contribution in [-0.4, -0.2) is 19.8 Å². The fourth-order valence-corrected chi connectivity index (χ4v) is 1.68. The van der Waals surface area contributed by atoms with Crippen LogP contribution in [0.4, 0.5) is 4.39 Å². The molecule has 0 N–H and O–H groups in total. The van der Waals surface area contributed by atoms with E-state index in [9.17, 15) is 4.39 Å². The van der Waals surface area contributed by atoms with Crippen molar-refractivity contribution in [2.45, 2.75) is 0 Å². The predicted octanol–water partition coefficient (Wildman–Crippen LogP) is 2.58. The van der Waals surface area contributed by atoms with Gasteiger partial charge >= 0.3 is 0 Å². The van der Waals surface area contributed by atoms with Gasteiger partial charge in [0.2, 0.25) is 0 Å². The largest absolute Gasteiger partial charge is 0.207 e. The van der Waals surface area contributed by atoms with Crippen molar-refractivity contribution in [2.24, 2.45) is 0 Å². The Kier molecular flexibility index (Phi) is 2.26. The highest BCUT2D eigenvalue weighted by atomic mass is 35.5. The molecule has 3 rings (SSSR count). The summed E-state index contributed by atoms with van der Waals surface area (Å²) >= 11 is 5.81. The number of hydrogen-bond acceptors (Lipinski definition) is 3. The summed E-state index contributed by atoms with van der Waals surface area (Å²) in [6, 6.07) is 9.32. The summed E-state index contributed by atoms with van der Waals surface area (Å²) in [5, 5.41) is 12.4. The van der Waals surface area contributed by atoms with Crippen LogP contribution in [0.1, 0.15) is 0 Å². The molecule has 0 aliphatic carbocycles. The molecule has 2 aromatic heterocycles. The first-order chi connectivity index (χ1) is 8.24. The maximum absolute atomic E-state index is 12.8. The Morgan fingerprint density at radius 3 is 2.53 bits per heavy atom. The lowest BCUT2D eigenvalue weighted by Crippen LogP contribution is -1.94. The lowest BCUT2D eigenvalue weighted by atomic mass is 10.2. The second-order valence-electron chi connectivity index (χ2n) is 3.46. The number of aromatic nitrogens is 4. The second kappa shape index (κ2) is 3.78. The van der Waals surface area contributed by atoms with Gasteiger partial charge in [0.05, 0.1) is 0 Å². The Hall–Kier alpha value is -2.01. The van der Waals surface area contributed by atoms with E-state index < -0.39 is 0 Å². The number of benzene rings is 1. The second-order valence-corrected chi connectivity index (χ2v) is 3.84. The highest BCUT2D eigenvalue weighted by Gasteiger charge is 2.09. The molecule has 0 fully saturated rings. The molecule has 0 radical (unpaired) electrons. The number of hydrogen-bond donors (Lipinski definition) is 0. The predicted molar refractivity (Wildman–Crippen MR) is 61.2 cm³/mol. The van der Waals surface area contributed by atoms with E-state index in [4.69, 9.17) is 11.6 Å². The third kappa shape index (κ3) is 1.74. The maximum atomic E-state index is 12.8. The van der Waals surface area contributed by atoms with Crippen LogP contribution in [-0.2, 0) is 0 Å². The van der Waals surface area contributed by atoms with Crippen molar-refractivity contribution in [3.05, 3.63) is 47.4 Å². The van der Waals surface area contributed by atoms with Gasteiger partial charge in [0.15, 0.2) is 11.5 Å². The summed E-state index contributed by atoms with van der Waals surface area (Å²) in [4.78, 5) is 0. The maximum Gasteiger partial charge on any atom is 0.185 e. The first kappa shape index (κ1) is 10.2. The minimum Gasteiger partial charge on any atom is -0.207 e. The van der Waals surface area contributed by atoms with E-state index in [0.29, 0.717) is 16.6 Å². The Bertz CT molecular complexity index is 678. The van der Waals surface area contributed by atoms with Crippen LogP contribution in [0.15, 0.2) is 36.4 Å². The lowest BCUT2D eigenvalue weighted by molar-refractivity contribution is 0.628. The minimum atomic E-state index is -0.298. The van der Waals surface area contributed by atoms with Crippen LogP contribution in [0, 0.1) is 5.82 Å². The van der Waals surface area contributed by atoms with Gasteiger partial charge in [-0.2, -0.15) is 9.61 Å². The van der Waals surface area contributed by atoms with Crippen molar-refractivity contribution in [1.82, 2.24) is 19.8 Å². The molecule has 0 aliphatic rings. The van der Waals surface area contributed by atoms with Crippen molar-refractivity contribution in [3.63, 3.8) is 0 Å². The van der Waals surface area contributed by atoms with Gasteiger partial charge in [0, 0.05) is 5.56 Å². The number of nitrogens with zero attached hydrogens (tertiary/aromatic N) is 4. The first-order valence-corrected chi connectivity index (χ1v) is 5.26. The monoisotopic (exact) mass is 248 g/mol. The van der Waals surface area contributed by atoms with Gasteiger partial charge in [-0.3, -0.25) is 0 Å². The molecule has 0 aliphatic heterocycles. The molecule has 0 unspecified atom stereocenters. The van der Waals surface area contributed by atoms with Gasteiger partial charge in [-0.25, -0.2) is 4.39 Å². The molecule has 0 amide bonds. The molecule has 0 spiro atoms. The van der Waals surface area contributed by atoms with Crippen LogP contribution >= 0.6 is 11.6 Å². The Balaban J connectivity index is 2.23. The Morgan fingerprint density at radius 2 is 1.76 bits per heavy atom. The molecular weight excluding hydrogens is 243 g/mol. The van der Waals surface area contributed by atoms with Crippen molar-refractivity contribution < 1.29 is 4.39 Å². The average Bonchev–Trinajstić information content (AvgIpc) is 2.73. The highest BCUT2D eigenvalue weighted by Crippen LogP contribution is 2.18. The van der Waals surface area contributed by atoms with Crippen LogP contribution in [0.25, 0.3) is 17.0 Å². The van der Waals surface area contributed by atoms with Gasteiger partial charge in [-0.15, -0.1) is 10.2 Å². The standard InChI is InChI=1S/C11H6ClFN4/c12-9-5-6-10-14-15-11(17(10)16-9)7-1-3-8(13)4-2-7/h1-6H. The summed E-state index contributed by atoms with van der Waals surface area (Å²) in [7, 11) is 0. The summed E-state index contributed by atoms with van der Waals surface area (Å²) in [5.41, 5.74) is 1.32. The van der Waals surface area contributed by atoms with Crippen molar-refractivity contribution >= 4 is 17.2 Å². The van der Waals surface area contributed by atoms with E-state index in [1.807, 2.05) is 0 Å². The normalized spacial score (nSPS) is 10.9. The topological polar surface area (TPSA) is 43.1 Å². The average molecular weight is 249 g/mol. The Labute approximate surface area is 101 Å². The third-order valence-electron chi connectivity index (χ3n) is 2.33. The molecule has 0 saturated carbocycles. The molecule has 0 atom stereocenters. The fourth-order valence-electron chi connectivity index (χ4n) is 1.55. The molecule has 17 heavy (non-hydrogen) atoms. The fraction of sp³-hybridized carbons (Fsp3) is 0. The van der Waals surface area contributed by atoms with Crippen molar-refractivity contribution in [1.29, 1.82) is 0 Å². The van der Waals surface area contributed by atoms with Gasteiger partial charge in [0.1, 0.15) is 11.0 Å². The van der Waals surface area contributed by atoms with E-state index in [1.54, 1.807) is 24.3 Å². The summed E-state index contributed by atoms with van der Waals surface area (Å²) in [5.74, 6) is 0.232. The third-order valence-corrected chi connectivity index (χ3v) is 2.53. The number of rotatable bonds is 1. The molecule has 1 aromatic carbocycles. The summed E-state index contributed by atoms with van der Waals surface area (Å²) in [6.07, 6.45) is 0. The SMILES string of the molecule is Fc1ccc(-c2nnc3ccc(Cl)nn23)cc1. The molecule has 4 nitrogen and oxygen atoms in total. The molecule has 6 heteroatoms. The zero-order valence-corrected chi connectivity index (χ0v) is 9.26. The first-order valence-electron chi connectivity index (χ1n) is 4.88. The van der Waals surface area contributed by atoms with E-state index >= 15 is 0 Å². The lowest BCUT2D eigenvalue weighted by Gasteiger charge is -1.99. The smallest absolute Gasteiger partial charge is 0.185 e. The van der Waals surface area contributed by atoms with Gasteiger partial charge in [-0.1, -0.05) is 11.6 Å². The highest BCUT2D eigenvalue weighted by molar-refractivity contribution is 6.29. The van der Waals surface area contributed by atoms with E-state index in [0.717, 1.165) is 5.56 Å². The quantitative estimate of drug-likeness (QED) is 0.665. The molecule has 84 valence electrons. The van der Waals surface area contributed by atoms with Crippen molar-refractivity contribution in [3.8, 4) is 11.4 Å². The van der Waals surface area contributed by atoms with Crippen LogP contribution in [0.5, 0.6) is 0 Å². The summed E-state index contributed by atoms with van der Waals surface area (Å²) in [6.45, 7) is 0. The van der Waals surface area contributed by atoms with Crippen LogP contribution < -0.4 is 0 Å². The van der Waals surface area contributed by atoms with Crippen LogP contribution in [0.2, 0.25) is 5.15 Å². The molecule has 2 heterocycles. The molecular formula is C11H6ClFN4. The van der Waals surface area contributed by atoms with Gasteiger partial charge in [-0.05, 0) is 36.4 Å². The van der Waals surface area contributed by atoms with E-state index in [2.05, 4.69) is 15.3 Å². The number of fused-ring (bicyclic) bond motifs is 1. The Morgan fingerprint density at radius 1 is 1.00 bits per heavy atom. The van der Waals surface area contributed by atoms with E-state index in [1.165, 1.54) is 16.6 Å². The zero-order valence-electron chi connectivity index (χ0n) is 8.51. The van der Waals surface area contributed by atoms with Gasteiger partial charge < -0.3 is 0 Å². The number of halogens is 2. The minimum absolute atomic E-state index is 0.298. The van der Waals surface area contributed by atoms with Crippen LogP contribution in [0.3, 0.4) is 0 Å². The van der Waals surface area contributed by atoms with Crippen molar-refractivity contribution in [2.75, 3.05) is 0 Å².